The smallest absolute Gasteiger partial charge is 0.222 e. The third kappa shape index (κ3) is 3.83. The molecule has 0 bridgehead atoms. The van der Waals surface area contributed by atoms with Crippen LogP contribution in [0.25, 0.3) is 10.9 Å². The lowest BCUT2D eigenvalue weighted by Gasteiger charge is -2.19. The predicted molar refractivity (Wildman–Crippen MR) is 86.5 cm³/mol. The molecule has 1 heterocycles. The van der Waals surface area contributed by atoms with Crippen molar-refractivity contribution in [1.29, 1.82) is 0 Å². The van der Waals surface area contributed by atoms with E-state index in [9.17, 15) is 4.79 Å². The molecule has 0 aliphatic carbocycles. The lowest BCUT2D eigenvalue weighted by atomic mass is 10.1. The Labute approximate surface area is 128 Å². The number of carbonyl (C=O) groups excluding carboxylic acids is 1. The normalized spacial score (nSPS) is 12.1. The zero-order valence-corrected chi connectivity index (χ0v) is 12.7. The molecule has 21 heavy (non-hydrogen) atoms. The number of benzene rings is 1. The van der Waals surface area contributed by atoms with E-state index in [-0.39, 0.29) is 11.9 Å². The minimum Gasteiger partial charge on any atom is -0.379 e. The zero-order chi connectivity index (χ0) is 15.2. The molecule has 2 rings (SSSR count). The number of amides is 1. The van der Waals surface area contributed by atoms with E-state index in [1.165, 1.54) is 0 Å². The zero-order valence-electron chi connectivity index (χ0n) is 11.9. The molecule has 5 nitrogen and oxygen atoms in total. The van der Waals surface area contributed by atoms with Crippen LogP contribution in [0.1, 0.15) is 13.3 Å². The van der Waals surface area contributed by atoms with E-state index in [0.717, 1.165) is 16.6 Å². The van der Waals surface area contributed by atoms with Crippen LogP contribution < -0.4 is 16.4 Å². The molecular formula is C15H19ClN4O. The Morgan fingerprint density at radius 3 is 2.95 bits per heavy atom. The van der Waals surface area contributed by atoms with Gasteiger partial charge in [0.1, 0.15) is 0 Å². The van der Waals surface area contributed by atoms with Crippen LogP contribution in [0, 0.1) is 0 Å². The van der Waals surface area contributed by atoms with Crippen LogP contribution >= 0.6 is 11.6 Å². The maximum absolute atomic E-state index is 11.7. The molecule has 1 aromatic carbocycles. The first-order valence-corrected chi connectivity index (χ1v) is 7.30. The van der Waals surface area contributed by atoms with Gasteiger partial charge in [0.25, 0.3) is 0 Å². The number of halogens is 1. The summed E-state index contributed by atoms with van der Waals surface area (Å²) in [5, 5.41) is 7.58. The summed E-state index contributed by atoms with van der Waals surface area (Å²) in [6, 6.07) is 7.28. The van der Waals surface area contributed by atoms with Crippen molar-refractivity contribution in [3.63, 3.8) is 0 Å². The highest BCUT2D eigenvalue weighted by atomic mass is 35.5. The number of pyridine rings is 1. The Bertz CT molecular complexity index is 632. The third-order valence-corrected chi connectivity index (χ3v) is 3.50. The van der Waals surface area contributed by atoms with Gasteiger partial charge in [0, 0.05) is 37.1 Å². The first-order valence-electron chi connectivity index (χ1n) is 6.92. The van der Waals surface area contributed by atoms with Crippen LogP contribution in [0.2, 0.25) is 5.02 Å². The molecule has 0 spiro atoms. The molecule has 112 valence electrons. The van der Waals surface area contributed by atoms with Crippen LogP contribution in [0.3, 0.4) is 0 Å². The van der Waals surface area contributed by atoms with Crippen molar-refractivity contribution in [2.24, 2.45) is 5.73 Å². The second-order valence-electron chi connectivity index (χ2n) is 4.73. The number of hydrogen-bond donors (Lipinski definition) is 3. The number of aromatic nitrogens is 1. The topological polar surface area (TPSA) is 80.0 Å². The molecule has 0 aliphatic rings. The third-order valence-electron chi connectivity index (χ3n) is 3.17. The molecule has 0 radical (unpaired) electrons. The maximum atomic E-state index is 11.7. The van der Waals surface area contributed by atoms with E-state index in [1.54, 1.807) is 6.20 Å². The van der Waals surface area contributed by atoms with Gasteiger partial charge in [-0.15, -0.1) is 0 Å². The summed E-state index contributed by atoms with van der Waals surface area (Å²) in [7, 11) is 0. The Hall–Kier alpha value is -1.85. The number of fused-ring (bicyclic) bond motifs is 1. The fourth-order valence-electron chi connectivity index (χ4n) is 2.16. The number of carbonyl (C=O) groups is 1. The quantitative estimate of drug-likeness (QED) is 0.764. The SMILES string of the molecule is CCNC(=O)CC(CN)Nc1ccc(Cl)c2cccnc12. The van der Waals surface area contributed by atoms with Crippen molar-refractivity contribution in [1.82, 2.24) is 10.3 Å². The van der Waals surface area contributed by atoms with Gasteiger partial charge in [0.05, 0.1) is 16.2 Å². The van der Waals surface area contributed by atoms with Crippen molar-refractivity contribution in [2.45, 2.75) is 19.4 Å². The monoisotopic (exact) mass is 306 g/mol. The van der Waals surface area contributed by atoms with Crippen LogP contribution in [0.5, 0.6) is 0 Å². The Balaban J connectivity index is 2.22. The number of nitrogens with one attached hydrogen (secondary N) is 2. The van der Waals surface area contributed by atoms with Crippen molar-refractivity contribution in [2.75, 3.05) is 18.4 Å². The molecule has 1 unspecified atom stereocenters. The standard InChI is InChI=1S/C15H19ClN4O/c1-2-18-14(21)8-10(9-17)20-13-6-5-12(16)11-4-3-7-19-15(11)13/h3-7,10,20H,2,8-9,17H2,1H3,(H,18,21). The molecule has 0 aliphatic heterocycles. The van der Waals surface area contributed by atoms with E-state index >= 15 is 0 Å². The van der Waals surface area contributed by atoms with Gasteiger partial charge in [-0.05, 0) is 31.2 Å². The first-order chi connectivity index (χ1) is 10.2. The van der Waals surface area contributed by atoms with Crippen molar-refractivity contribution < 1.29 is 4.79 Å². The van der Waals surface area contributed by atoms with Crippen LogP contribution in [0.4, 0.5) is 5.69 Å². The van der Waals surface area contributed by atoms with Gasteiger partial charge in [0.15, 0.2) is 0 Å². The second kappa shape index (κ2) is 7.24. The highest BCUT2D eigenvalue weighted by Gasteiger charge is 2.14. The fraction of sp³-hybridized carbons (Fsp3) is 0.333. The lowest BCUT2D eigenvalue weighted by Crippen LogP contribution is -2.35. The van der Waals surface area contributed by atoms with E-state index in [1.807, 2.05) is 31.2 Å². The second-order valence-corrected chi connectivity index (χ2v) is 5.14. The maximum Gasteiger partial charge on any atom is 0.222 e. The summed E-state index contributed by atoms with van der Waals surface area (Å²) in [5.74, 6) is -0.0216. The van der Waals surface area contributed by atoms with Gasteiger partial charge in [-0.3, -0.25) is 9.78 Å². The number of nitrogens with zero attached hydrogens (tertiary/aromatic N) is 1. The summed E-state index contributed by atoms with van der Waals surface area (Å²) < 4.78 is 0. The minimum atomic E-state index is -0.150. The van der Waals surface area contributed by atoms with E-state index < -0.39 is 0 Å². The number of nitrogens with two attached hydrogens (primary N) is 1. The van der Waals surface area contributed by atoms with Crippen LogP contribution in [-0.4, -0.2) is 30.0 Å². The first kappa shape index (κ1) is 15.5. The highest BCUT2D eigenvalue weighted by Crippen LogP contribution is 2.28. The molecule has 1 aromatic heterocycles. The average Bonchev–Trinajstić information content (AvgIpc) is 2.49. The Kier molecular flexibility index (Phi) is 5.36. The summed E-state index contributed by atoms with van der Waals surface area (Å²) in [5.41, 5.74) is 7.36. The largest absolute Gasteiger partial charge is 0.379 e. The van der Waals surface area contributed by atoms with E-state index in [4.69, 9.17) is 17.3 Å². The van der Waals surface area contributed by atoms with E-state index in [0.29, 0.717) is 24.5 Å². The molecule has 0 fully saturated rings. The summed E-state index contributed by atoms with van der Waals surface area (Å²) in [6.45, 7) is 2.86. The highest BCUT2D eigenvalue weighted by molar-refractivity contribution is 6.35. The van der Waals surface area contributed by atoms with Crippen molar-refractivity contribution in [3.05, 3.63) is 35.5 Å². The van der Waals surface area contributed by atoms with Crippen LogP contribution in [0.15, 0.2) is 30.5 Å². The number of anilines is 1. The van der Waals surface area contributed by atoms with Gasteiger partial charge < -0.3 is 16.4 Å². The fourth-order valence-corrected chi connectivity index (χ4v) is 2.38. The Morgan fingerprint density at radius 1 is 1.43 bits per heavy atom. The molecule has 1 amide bonds. The molecule has 6 heteroatoms. The summed E-state index contributed by atoms with van der Waals surface area (Å²) in [4.78, 5) is 16.0. The molecule has 0 saturated heterocycles. The molecule has 2 aromatic rings. The van der Waals surface area contributed by atoms with E-state index in [2.05, 4.69) is 15.6 Å². The number of rotatable bonds is 6. The lowest BCUT2D eigenvalue weighted by molar-refractivity contribution is -0.121. The number of hydrogen-bond acceptors (Lipinski definition) is 4. The van der Waals surface area contributed by atoms with Gasteiger partial charge in [-0.2, -0.15) is 0 Å². The summed E-state index contributed by atoms with van der Waals surface area (Å²) >= 11 is 6.17. The molecular weight excluding hydrogens is 288 g/mol. The van der Waals surface area contributed by atoms with Gasteiger partial charge in [-0.1, -0.05) is 11.6 Å². The van der Waals surface area contributed by atoms with Crippen molar-refractivity contribution in [3.8, 4) is 0 Å². The average molecular weight is 307 g/mol. The minimum absolute atomic E-state index is 0.0216. The molecule has 4 N–H and O–H groups in total. The summed E-state index contributed by atoms with van der Waals surface area (Å²) in [6.07, 6.45) is 2.03. The van der Waals surface area contributed by atoms with Crippen molar-refractivity contribution >= 4 is 34.1 Å². The molecule has 0 saturated carbocycles. The predicted octanol–water partition coefficient (Wildman–Crippen LogP) is 2.15. The van der Waals surface area contributed by atoms with Crippen LogP contribution in [-0.2, 0) is 4.79 Å². The van der Waals surface area contributed by atoms with Gasteiger partial charge in [-0.25, -0.2) is 0 Å². The Morgan fingerprint density at radius 2 is 2.24 bits per heavy atom. The van der Waals surface area contributed by atoms with Gasteiger partial charge in [0.2, 0.25) is 5.91 Å². The molecule has 1 atom stereocenters. The van der Waals surface area contributed by atoms with Gasteiger partial charge >= 0.3 is 0 Å².